The number of para-hydroxylation sites is 1. The monoisotopic (exact) mass is 335 g/mol. The number of benzene rings is 2. The SMILES string of the molecule is C=C(NNC(=O)c1cc(C)nc2ccccc12)c1ccc(O)cc1O. The number of amides is 1. The fourth-order valence-corrected chi connectivity index (χ4v) is 2.54. The molecule has 0 aliphatic carbocycles. The second-order valence-electron chi connectivity index (χ2n) is 5.59. The van der Waals surface area contributed by atoms with Gasteiger partial charge in [-0.15, -0.1) is 0 Å². The number of aryl methyl sites for hydroxylation is 1. The van der Waals surface area contributed by atoms with Crippen LogP contribution in [0.15, 0.2) is 55.1 Å². The van der Waals surface area contributed by atoms with E-state index in [0.717, 1.165) is 16.6 Å². The lowest BCUT2D eigenvalue weighted by Gasteiger charge is -2.14. The molecule has 0 unspecified atom stereocenters. The van der Waals surface area contributed by atoms with Gasteiger partial charge in [0.25, 0.3) is 5.91 Å². The van der Waals surface area contributed by atoms with Crippen molar-refractivity contribution in [2.24, 2.45) is 0 Å². The molecule has 0 bridgehead atoms. The number of phenolic OH excluding ortho intramolecular Hbond substituents is 2. The Hall–Kier alpha value is -3.54. The number of rotatable bonds is 4. The van der Waals surface area contributed by atoms with E-state index in [1.807, 2.05) is 31.2 Å². The molecular formula is C19H17N3O3. The zero-order chi connectivity index (χ0) is 18.0. The summed E-state index contributed by atoms with van der Waals surface area (Å²) in [4.78, 5) is 16.9. The zero-order valence-electron chi connectivity index (χ0n) is 13.6. The Morgan fingerprint density at radius 3 is 2.56 bits per heavy atom. The van der Waals surface area contributed by atoms with Crippen LogP contribution in [0.4, 0.5) is 0 Å². The number of hydrogen-bond acceptors (Lipinski definition) is 5. The summed E-state index contributed by atoms with van der Waals surface area (Å²) >= 11 is 0. The summed E-state index contributed by atoms with van der Waals surface area (Å²) in [6.45, 7) is 5.60. The number of carbonyl (C=O) groups is 1. The van der Waals surface area contributed by atoms with E-state index in [2.05, 4.69) is 22.4 Å². The molecule has 0 atom stereocenters. The van der Waals surface area contributed by atoms with Crippen LogP contribution in [0.5, 0.6) is 11.5 Å². The molecule has 3 aromatic rings. The van der Waals surface area contributed by atoms with E-state index in [1.54, 1.807) is 6.07 Å². The van der Waals surface area contributed by atoms with Crippen molar-refractivity contribution in [3.8, 4) is 11.5 Å². The lowest BCUT2D eigenvalue weighted by atomic mass is 10.1. The lowest BCUT2D eigenvalue weighted by molar-refractivity contribution is 0.0944. The number of nitrogens with zero attached hydrogens (tertiary/aromatic N) is 1. The first kappa shape index (κ1) is 16.3. The number of carbonyl (C=O) groups excluding carboxylic acids is 1. The highest BCUT2D eigenvalue weighted by Crippen LogP contribution is 2.26. The predicted octanol–water partition coefficient (Wildman–Crippen LogP) is 2.86. The van der Waals surface area contributed by atoms with Crippen LogP contribution in [-0.4, -0.2) is 21.1 Å². The van der Waals surface area contributed by atoms with E-state index in [4.69, 9.17) is 0 Å². The van der Waals surface area contributed by atoms with Crippen LogP contribution < -0.4 is 10.9 Å². The van der Waals surface area contributed by atoms with Crippen molar-refractivity contribution in [1.29, 1.82) is 0 Å². The molecule has 3 rings (SSSR count). The quantitative estimate of drug-likeness (QED) is 0.550. The number of nitrogens with one attached hydrogen (secondary N) is 2. The topological polar surface area (TPSA) is 94.5 Å². The third-order valence-corrected chi connectivity index (χ3v) is 3.72. The molecule has 1 amide bonds. The fourth-order valence-electron chi connectivity index (χ4n) is 2.54. The Bertz CT molecular complexity index is 983. The largest absolute Gasteiger partial charge is 0.508 e. The normalized spacial score (nSPS) is 10.4. The van der Waals surface area contributed by atoms with Crippen LogP contribution in [0.3, 0.4) is 0 Å². The van der Waals surface area contributed by atoms with Gasteiger partial charge in [0, 0.05) is 22.7 Å². The number of pyridine rings is 1. The second-order valence-corrected chi connectivity index (χ2v) is 5.59. The molecule has 126 valence electrons. The molecular weight excluding hydrogens is 318 g/mol. The van der Waals surface area contributed by atoms with E-state index in [-0.39, 0.29) is 17.4 Å². The average Bonchev–Trinajstić information content (AvgIpc) is 2.58. The van der Waals surface area contributed by atoms with Gasteiger partial charge in [-0.1, -0.05) is 24.8 Å². The molecule has 6 nitrogen and oxygen atoms in total. The molecule has 25 heavy (non-hydrogen) atoms. The molecule has 0 spiro atoms. The summed E-state index contributed by atoms with van der Waals surface area (Å²) in [6, 6.07) is 13.2. The van der Waals surface area contributed by atoms with Crippen LogP contribution >= 0.6 is 0 Å². The molecule has 1 aromatic heterocycles. The summed E-state index contributed by atoms with van der Waals surface area (Å²) in [5.74, 6) is -0.546. The number of aromatic hydroxyl groups is 2. The van der Waals surface area contributed by atoms with E-state index in [1.165, 1.54) is 18.2 Å². The standard InChI is InChI=1S/C19H17N3O3/c1-11-9-16(15-5-3-4-6-17(15)20-11)19(25)22-21-12(2)14-8-7-13(23)10-18(14)24/h3-10,21,23-24H,2H2,1H3,(H,22,25). The van der Waals surface area contributed by atoms with Crippen molar-refractivity contribution in [2.75, 3.05) is 0 Å². The first-order valence-corrected chi connectivity index (χ1v) is 7.59. The van der Waals surface area contributed by atoms with E-state index < -0.39 is 0 Å². The average molecular weight is 335 g/mol. The van der Waals surface area contributed by atoms with Gasteiger partial charge in [-0.2, -0.15) is 0 Å². The summed E-state index contributed by atoms with van der Waals surface area (Å²) < 4.78 is 0. The molecule has 0 saturated carbocycles. The Morgan fingerprint density at radius 2 is 1.80 bits per heavy atom. The Balaban J connectivity index is 1.80. The lowest BCUT2D eigenvalue weighted by Crippen LogP contribution is -2.36. The zero-order valence-corrected chi connectivity index (χ0v) is 13.6. The number of aromatic nitrogens is 1. The number of hydrazine groups is 1. The maximum atomic E-state index is 12.5. The summed E-state index contributed by atoms with van der Waals surface area (Å²) in [5, 5.41) is 19.9. The Labute approximate surface area is 144 Å². The van der Waals surface area contributed by atoms with Crippen LogP contribution in [0.1, 0.15) is 21.6 Å². The highest BCUT2D eigenvalue weighted by Gasteiger charge is 2.13. The van der Waals surface area contributed by atoms with Crippen molar-refractivity contribution in [3.63, 3.8) is 0 Å². The molecule has 0 saturated heterocycles. The van der Waals surface area contributed by atoms with Crippen LogP contribution in [0.25, 0.3) is 16.6 Å². The van der Waals surface area contributed by atoms with Crippen molar-refractivity contribution >= 4 is 22.5 Å². The van der Waals surface area contributed by atoms with Crippen molar-refractivity contribution in [3.05, 3.63) is 71.9 Å². The van der Waals surface area contributed by atoms with Gasteiger partial charge in [-0.25, -0.2) is 0 Å². The molecule has 0 radical (unpaired) electrons. The summed E-state index contributed by atoms with van der Waals surface area (Å²) in [7, 11) is 0. The maximum Gasteiger partial charge on any atom is 0.270 e. The van der Waals surface area contributed by atoms with Gasteiger partial charge in [0.05, 0.1) is 16.8 Å². The van der Waals surface area contributed by atoms with Gasteiger partial charge < -0.3 is 10.2 Å². The minimum Gasteiger partial charge on any atom is -0.508 e. The molecule has 0 fully saturated rings. The van der Waals surface area contributed by atoms with Gasteiger partial charge in [0.1, 0.15) is 11.5 Å². The van der Waals surface area contributed by atoms with Gasteiger partial charge in [-0.3, -0.25) is 20.6 Å². The van der Waals surface area contributed by atoms with E-state index in [0.29, 0.717) is 16.8 Å². The number of fused-ring (bicyclic) bond motifs is 1. The highest BCUT2D eigenvalue weighted by atomic mass is 16.3. The van der Waals surface area contributed by atoms with Crippen LogP contribution in [0, 0.1) is 6.92 Å². The summed E-state index contributed by atoms with van der Waals surface area (Å²) in [6.07, 6.45) is 0. The fraction of sp³-hybridized carbons (Fsp3) is 0.0526. The Kier molecular flexibility index (Phi) is 4.26. The van der Waals surface area contributed by atoms with Gasteiger partial charge in [-0.05, 0) is 31.2 Å². The molecule has 0 aliphatic heterocycles. The van der Waals surface area contributed by atoms with E-state index >= 15 is 0 Å². The second kappa shape index (κ2) is 6.52. The number of phenols is 2. The van der Waals surface area contributed by atoms with Crippen molar-refractivity contribution in [1.82, 2.24) is 15.8 Å². The summed E-state index contributed by atoms with van der Waals surface area (Å²) in [5.41, 5.74) is 7.87. The predicted molar refractivity (Wildman–Crippen MR) is 95.9 cm³/mol. The van der Waals surface area contributed by atoms with Crippen LogP contribution in [-0.2, 0) is 0 Å². The number of hydrogen-bond donors (Lipinski definition) is 4. The minimum absolute atomic E-state index is 0.0585. The molecule has 4 N–H and O–H groups in total. The molecule has 1 heterocycles. The van der Waals surface area contributed by atoms with E-state index in [9.17, 15) is 15.0 Å². The molecule has 6 heteroatoms. The smallest absolute Gasteiger partial charge is 0.270 e. The first-order chi connectivity index (χ1) is 12.0. The highest BCUT2D eigenvalue weighted by molar-refractivity contribution is 6.06. The van der Waals surface area contributed by atoms with Gasteiger partial charge in [0.2, 0.25) is 0 Å². The van der Waals surface area contributed by atoms with Crippen molar-refractivity contribution < 1.29 is 15.0 Å². The third-order valence-electron chi connectivity index (χ3n) is 3.72. The van der Waals surface area contributed by atoms with Crippen molar-refractivity contribution in [2.45, 2.75) is 6.92 Å². The maximum absolute atomic E-state index is 12.5. The third kappa shape index (κ3) is 3.37. The molecule has 2 aromatic carbocycles. The van der Waals surface area contributed by atoms with Crippen LogP contribution in [0.2, 0.25) is 0 Å². The van der Waals surface area contributed by atoms with Gasteiger partial charge >= 0.3 is 0 Å². The Morgan fingerprint density at radius 1 is 1.04 bits per heavy atom. The molecule has 0 aliphatic rings. The first-order valence-electron chi connectivity index (χ1n) is 7.59. The van der Waals surface area contributed by atoms with Gasteiger partial charge in [0.15, 0.2) is 0 Å². The minimum atomic E-state index is -0.346.